The molecule has 1 aromatic heterocycles. The number of nitrogens with zero attached hydrogens (tertiary/aromatic N) is 2. The van der Waals surface area contributed by atoms with Crippen LogP contribution in [0.2, 0.25) is 0 Å². The van der Waals surface area contributed by atoms with Gasteiger partial charge in [0.25, 0.3) is 0 Å². The van der Waals surface area contributed by atoms with Crippen LogP contribution in [0.15, 0.2) is 24.3 Å². The molecule has 0 aliphatic heterocycles. The van der Waals surface area contributed by atoms with Gasteiger partial charge in [-0.25, -0.2) is 0 Å². The van der Waals surface area contributed by atoms with Gasteiger partial charge in [-0.1, -0.05) is 18.2 Å². The quantitative estimate of drug-likeness (QED) is 0.588. The Bertz CT molecular complexity index is 392. The van der Waals surface area contributed by atoms with Gasteiger partial charge in [-0.2, -0.15) is 9.30 Å². The average Bonchev–Trinajstić information content (AvgIpc) is 2.30. The van der Waals surface area contributed by atoms with Gasteiger partial charge in [-0.3, -0.25) is 0 Å². The Morgan fingerprint density at radius 3 is 2.82 bits per heavy atom. The van der Waals surface area contributed by atoms with E-state index in [0.717, 1.165) is 16.6 Å². The van der Waals surface area contributed by atoms with Crippen LogP contribution in [0, 0.1) is 6.92 Å². The standard InChI is InChI=1S/C8H7ClN2/c1-6-7-4-2-3-5-8(7)10-11(6)9/h2-5H,1H3. The van der Waals surface area contributed by atoms with Crippen molar-refractivity contribution in [1.82, 2.24) is 9.30 Å². The van der Waals surface area contributed by atoms with Crippen LogP contribution in [-0.4, -0.2) is 9.30 Å². The minimum atomic E-state index is 0.944. The van der Waals surface area contributed by atoms with E-state index in [0.29, 0.717) is 0 Å². The molecule has 0 N–H and O–H groups in total. The molecule has 0 aliphatic rings. The number of benzene rings is 1. The average molecular weight is 167 g/mol. The van der Waals surface area contributed by atoms with Crippen molar-refractivity contribution >= 4 is 22.7 Å². The number of halogens is 1. The molecule has 0 aliphatic carbocycles. The summed E-state index contributed by atoms with van der Waals surface area (Å²) in [6, 6.07) is 7.89. The third-order valence-corrected chi connectivity index (χ3v) is 2.10. The topological polar surface area (TPSA) is 17.8 Å². The largest absolute Gasteiger partial charge is 0.176 e. The molecular weight excluding hydrogens is 160 g/mol. The van der Waals surface area contributed by atoms with Crippen molar-refractivity contribution in [2.45, 2.75) is 6.92 Å². The van der Waals surface area contributed by atoms with E-state index in [-0.39, 0.29) is 0 Å². The molecule has 2 rings (SSSR count). The van der Waals surface area contributed by atoms with E-state index in [4.69, 9.17) is 11.8 Å². The first-order valence-corrected chi connectivity index (χ1v) is 3.73. The summed E-state index contributed by atoms with van der Waals surface area (Å²) < 4.78 is 1.38. The molecule has 0 atom stereocenters. The summed E-state index contributed by atoms with van der Waals surface area (Å²) in [5.74, 6) is 0. The molecule has 0 saturated carbocycles. The summed E-state index contributed by atoms with van der Waals surface area (Å²) >= 11 is 5.76. The number of fused-ring (bicyclic) bond motifs is 1. The van der Waals surface area contributed by atoms with Crippen molar-refractivity contribution in [3.05, 3.63) is 30.0 Å². The second-order valence-electron chi connectivity index (χ2n) is 2.46. The Labute approximate surface area is 69.5 Å². The molecule has 1 aromatic carbocycles. The molecule has 1 heterocycles. The highest BCUT2D eigenvalue weighted by atomic mass is 35.5. The van der Waals surface area contributed by atoms with Gasteiger partial charge in [-0.05, 0) is 13.0 Å². The van der Waals surface area contributed by atoms with Crippen molar-refractivity contribution < 1.29 is 0 Å². The maximum Gasteiger partial charge on any atom is 0.0941 e. The highest BCUT2D eigenvalue weighted by Crippen LogP contribution is 2.17. The fourth-order valence-electron chi connectivity index (χ4n) is 1.14. The molecule has 0 spiro atoms. The molecule has 0 amide bonds. The van der Waals surface area contributed by atoms with E-state index in [1.165, 1.54) is 4.20 Å². The zero-order valence-corrected chi connectivity index (χ0v) is 6.84. The van der Waals surface area contributed by atoms with Gasteiger partial charge in [0.05, 0.1) is 11.2 Å². The first-order valence-electron chi connectivity index (χ1n) is 3.39. The van der Waals surface area contributed by atoms with E-state index in [9.17, 15) is 0 Å². The third kappa shape index (κ3) is 0.906. The summed E-state index contributed by atoms with van der Waals surface area (Å²) in [6.45, 7) is 1.95. The first-order chi connectivity index (χ1) is 5.29. The van der Waals surface area contributed by atoms with E-state index in [2.05, 4.69) is 5.10 Å². The van der Waals surface area contributed by atoms with Crippen LogP contribution in [-0.2, 0) is 0 Å². The second-order valence-corrected chi connectivity index (χ2v) is 2.78. The Morgan fingerprint density at radius 2 is 2.09 bits per heavy atom. The molecular formula is C8H7ClN2. The molecule has 0 unspecified atom stereocenters. The molecule has 2 aromatic rings. The number of rotatable bonds is 0. The lowest BCUT2D eigenvalue weighted by Crippen LogP contribution is -1.82. The lowest BCUT2D eigenvalue weighted by Gasteiger charge is -1.87. The van der Waals surface area contributed by atoms with Crippen LogP contribution in [0.3, 0.4) is 0 Å². The van der Waals surface area contributed by atoms with Gasteiger partial charge in [0.1, 0.15) is 0 Å². The van der Waals surface area contributed by atoms with E-state index >= 15 is 0 Å². The van der Waals surface area contributed by atoms with Crippen molar-refractivity contribution in [1.29, 1.82) is 0 Å². The van der Waals surface area contributed by atoms with Crippen LogP contribution in [0.1, 0.15) is 5.69 Å². The Morgan fingerprint density at radius 1 is 1.36 bits per heavy atom. The van der Waals surface area contributed by atoms with E-state index in [1.54, 1.807) is 0 Å². The summed E-state index contributed by atoms with van der Waals surface area (Å²) in [5.41, 5.74) is 1.93. The third-order valence-electron chi connectivity index (χ3n) is 1.77. The van der Waals surface area contributed by atoms with Crippen LogP contribution in [0.5, 0.6) is 0 Å². The monoisotopic (exact) mass is 166 g/mol. The predicted molar refractivity (Wildman–Crippen MR) is 45.7 cm³/mol. The SMILES string of the molecule is Cc1c2ccccc2nn1Cl. The molecule has 56 valence electrons. The summed E-state index contributed by atoms with van der Waals surface area (Å²) in [6.07, 6.45) is 0. The van der Waals surface area contributed by atoms with Crippen LogP contribution in [0.25, 0.3) is 10.9 Å². The predicted octanol–water partition coefficient (Wildman–Crippen LogP) is 2.35. The number of hydrogen-bond donors (Lipinski definition) is 0. The highest BCUT2D eigenvalue weighted by Gasteiger charge is 2.02. The normalized spacial score (nSPS) is 10.7. The van der Waals surface area contributed by atoms with Crippen molar-refractivity contribution in [2.24, 2.45) is 0 Å². The van der Waals surface area contributed by atoms with Gasteiger partial charge in [0.15, 0.2) is 0 Å². The summed E-state index contributed by atoms with van der Waals surface area (Å²) in [4.78, 5) is 0. The molecule has 0 fully saturated rings. The smallest absolute Gasteiger partial charge is 0.0941 e. The lowest BCUT2D eigenvalue weighted by atomic mass is 10.2. The molecule has 0 radical (unpaired) electrons. The van der Waals surface area contributed by atoms with E-state index in [1.807, 2.05) is 31.2 Å². The molecule has 0 saturated heterocycles. The Hall–Kier alpha value is -1.02. The minimum Gasteiger partial charge on any atom is -0.176 e. The van der Waals surface area contributed by atoms with Gasteiger partial charge in [0.2, 0.25) is 0 Å². The Kier molecular flexibility index (Phi) is 1.36. The zero-order chi connectivity index (χ0) is 7.84. The fraction of sp³-hybridized carbons (Fsp3) is 0.125. The van der Waals surface area contributed by atoms with Gasteiger partial charge in [0, 0.05) is 17.2 Å². The minimum absolute atomic E-state index is 0.944. The van der Waals surface area contributed by atoms with Crippen molar-refractivity contribution in [3.63, 3.8) is 0 Å². The number of aryl methyl sites for hydroxylation is 1. The lowest BCUT2D eigenvalue weighted by molar-refractivity contribution is 0.971. The molecule has 0 bridgehead atoms. The fourth-order valence-corrected chi connectivity index (χ4v) is 1.31. The van der Waals surface area contributed by atoms with Crippen molar-refractivity contribution in [3.8, 4) is 0 Å². The van der Waals surface area contributed by atoms with Gasteiger partial charge >= 0.3 is 0 Å². The van der Waals surface area contributed by atoms with Crippen LogP contribution < -0.4 is 0 Å². The molecule has 2 nitrogen and oxygen atoms in total. The summed E-state index contributed by atoms with van der Waals surface area (Å²) in [7, 11) is 0. The molecule has 3 heteroatoms. The van der Waals surface area contributed by atoms with Crippen LogP contribution in [0.4, 0.5) is 0 Å². The molecule has 11 heavy (non-hydrogen) atoms. The summed E-state index contributed by atoms with van der Waals surface area (Å²) in [5, 5.41) is 5.21. The van der Waals surface area contributed by atoms with Gasteiger partial charge in [-0.15, -0.1) is 0 Å². The second kappa shape index (κ2) is 2.24. The number of hydrogen-bond acceptors (Lipinski definition) is 1. The number of aromatic nitrogens is 2. The van der Waals surface area contributed by atoms with Gasteiger partial charge < -0.3 is 0 Å². The zero-order valence-electron chi connectivity index (χ0n) is 6.08. The van der Waals surface area contributed by atoms with E-state index < -0.39 is 0 Å². The maximum atomic E-state index is 5.76. The van der Waals surface area contributed by atoms with Crippen LogP contribution >= 0.6 is 11.8 Å². The first kappa shape index (κ1) is 6.68. The maximum absolute atomic E-state index is 5.76. The van der Waals surface area contributed by atoms with Crippen molar-refractivity contribution in [2.75, 3.05) is 0 Å². The highest BCUT2D eigenvalue weighted by molar-refractivity contribution is 6.16. The Balaban J connectivity index is 2.92.